The second-order valence-electron chi connectivity index (χ2n) is 19.5. The minimum atomic E-state index is -0.917. The molecule has 3 aliphatic rings. The number of carboxylic acid groups (broad SMARTS) is 1. The molecule has 0 aromatic heterocycles. The number of nitrogens with two attached hydrogens (primary N) is 2. The lowest BCUT2D eigenvalue weighted by Crippen LogP contribution is -2.22. The topological polar surface area (TPSA) is 255 Å². The predicted molar refractivity (Wildman–Crippen MR) is 299 cm³/mol. The molecule has 4 aromatic rings. The van der Waals surface area contributed by atoms with Crippen LogP contribution in [0.4, 0.5) is 17.1 Å². The molecule has 0 radical (unpaired) electrons. The second kappa shape index (κ2) is 33.1. The summed E-state index contributed by atoms with van der Waals surface area (Å²) in [6.07, 6.45) is 21.0. The van der Waals surface area contributed by atoms with E-state index in [0.717, 1.165) is 60.0 Å². The average molecular weight is 1090 g/mol. The first-order chi connectivity index (χ1) is 36.1. The number of hydrogen-bond donors (Lipinski definition) is 3. The van der Waals surface area contributed by atoms with E-state index in [2.05, 4.69) is 6.07 Å². The van der Waals surface area contributed by atoms with E-state index in [1.165, 1.54) is 107 Å². The molecule has 7 rings (SSSR count). The smallest absolute Gasteiger partial charge is 0.338 e. The molecular formula is C58H78Cl2N4O12. The van der Waals surface area contributed by atoms with Gasteiger partial charge in [-0.1, -0.05) is 113 Å². The van der Waals surface area contributed by atoms with E-state index >= 15 is 0 Å². The summed E-state index contributed by atoms with van der Waals surface area (Å²) in [5.74, 6) is -1.01. The number of aryl methyl sites for hydroxylation is 4. The zero-order valence-electron chi connectivity index (χ0n) is 45.3. The molecule has 4 aromatic carbocycles. The molecule has 0 bridgehead atoms. The molecule has 0 unspecified atom stereocenters. The van der Waals surface area contributed by atoms with Crippen LogP contribution >= 0.6 is 23.2 Å². The Morgan fingerprint density at radius 3 is 1.33 bits per heavy atom. The van der Waals surface area contributed by atoms with Crippen molar-refractivity contribution in [3.05, 3.63) is 141 Å². The summed E-state index contributed by atoms with van der Waals surface area (Å²) in [7, 11) is 0. The van der Waals surface area contributed by atoms with E-state index in [9.17, 15) is 39.4 Å². The zero-order chi connectivity index (χ0) is 56.5. The maximum absolute atomic E-state index is 11.9. The number of esters is 3. The number of nitrogens with zero attached hydrogens (tertiary/aromatic N) is 2. The van der Waals surface area contributed by atoms with Crippen LogP contribution in [0, 0.1) is 59.8 Å². The molecular weight excluding hydrogens is 1020 g/mol. The van der Waals surface area contributed by atoms with E-state index in [1.807, 2.05) is 13.8 Å². The predicted octanol–water partition coefficient (Wildman–Crippen LogP) is 14.4. The van der Waals surface area contributed by atoms with Crippen LogP contribution in [0.1, 0.15) is 192 Å². The summed E-state index contributed by atoms with van der Waals surface area (Å²) in [4.78, 5) is 66.7. The lowest BCUT2D eigenvalue weighted by atomic mass is 9.84. The van der Waals surface area contributed by atoms with Gasteiger partial charge in [0.1, 0.15) is 5.02 Å². The SMILES string of the molecule is CCOC(=O)c1cc(N)c(CC2CCCCC2)cc1C.CCOC(=O)c1cc([N+](=O)[O-])c(CC2CCCCC2)cc1C.CCOC(=O)c1cc([N+](=O)[O-])c(Cl)cc1C.Cc1cc(Cl)ccc1C(=O)O.NC1CCCCC1. The maximum Gasteiger partial charge on any atom is 0.338 e. The molecule has 5 N–H and O–H groups in total. The van der Waals surface area contributed by atoms with E-state index in [4.69, 9.17) is 54.0 Å². The van der Waals surface area contributed by atoms with Crippen LogP contribution < -0.4 is 11.5 Å². The van der Waals surface area contributed by atoms with E-state index in [0.29, 0.717) is 51.4 Å². The Bertz CT molecular complexity index is 2590. The first kappa shape index (κ1) is 64.2. The van der Waals surface area contributed by atoms with Gasteiger partial charge in [-0.2, -0.15) is 0 Å². The van der Waals surface area contributed by atoms with E-state index in [1.54, 1.807) is 58.9 Å². The van der Waals surface area contributed by atoms with Crippen LogP contribution in [-0.2, 0) is 27.1 Å². The number of rotatable bonds is 13. The molecule has 16 nitrogen and oxygen atoms in total. The van der Waals surface area contributed by atoms with Gasteiger partial charge in [0.05, 0.1) is 51.9 Å². The number of carbonyl (C=O) groups excluding carboxylic acids is 3. The molecule has 0 spiro atoms. The van der Waals surface area contributed by atoms with Crippen LogP contribution in [0.2, 0.25) is 10.0 Å². The molecule has 416 valence electrons. The van der Waals surface area contributed by atoms with Crippen LogP contribution in [0.25, 0.3) is 0 Å². The van der Waals surface area contributed by atoms with Gasteiger partial charge in [0.2, 0.25) is 0 Å². The second-order valence-corrected chi connectivity index (χ2v) is 20.4. The highest BCUT2D eigenvalue weighted by atomic mass is 35.5. The largest absolute Gasteiger partial charge is 0.478 e. The molecule has 3 aliphatic carbocycles. The van der Waals surface area contributed by atoms with Crippen molar-refractivity contribution in [1.29, 1.82) is 0 Å². The summed E-state index contributed by atoms with van der Waals surface area (Å²) < 4.78 is 14.8. The first-order valence-corrected chi connectivity index (χ1v) is 27.2. The maximum atomic E-state index is 11.9. The third kappa shape index (κ3) is 21.1. The minimum Gasteiger partial charge on any atom is -0.478 e. The number of anilines is 1. The third-order valence-corrected chi connectivity index (χ3v) is 14.2. The molecule has 76 heavy (non-hydrogen) atoms. The summed E-state index contributed by atoms with van der Waals surface area (Å²) in [5, 5.41) is 31.2. The fourth-order valence-electron chi connectivity index (χ4n) is 9.54. The third-order valence-electron chi connectivity index (χ3n) is 13.6. The van der Waals surface area contributed by atoms with Gasteiger partial charge in [-0.25, -0.2) is 19.2 Å². The lowest BCUT2D eigenvalue weighted by Gasteiger charge is -2.22. The molecule has 0 aliphatic heterocycles. The fourth-order valence-corrected chi connectivity index (χ4v) is 10.1. The van der Waals surface area contributed by atoms with Crippen LogP contribution in [0.5, 0.6) is 0 Å². The van der Waals surface area contributed by atoms with Gasteiger partial charge in [-0.15, -0.1) is 0 Å². The Morgan fingerprint density at radius 1 is 0.553 bits per heavy atom. The van der Waals surface area contributed by atoms with E-state index < -0.39 is 22.8 Å². The standard InChI is InChI=1S/C17H23NO4.C17H25NO2.C10H10ClNO4.C8H7ClO2.C6H13N/c1-3-22-17(19)15-11-16(18(20)21)14(9-12(15)2)10-13-7-5-4-6-8-13;1-3-20-17(19)15-11-16(18)14(9-12(15)2)10-13-7-5-4-6-8-13;1-3-16-10(13)7-5-9(12(14)15)8(11)4-6(7)2;1-5-4-6(9)2-3-7(5)8(10)11;7-6-4-2-1-3-5-6/h9,11,13H,3-8,10H2,1-2H3;9,11,13H,3-8,10,18H2,1-2H3;4-5H,3H2,1-2H3;2-4H,1H3,(H,10,11);6H,1-5,7H2. The Morgan fingerprint density at radius 2 is 0.934 bits per heavy atom. The quantitative estimate of drug-likeness (QED) is 0.0370. The zero-order valence-corrected chi connectivity index (χ0v) is 46.8. The van der Waals surface area contributed by atoms with Gasteiger partial charge in [-0.05, 0) is 150 Å². The summed E-state index contributed by atoms with van der Waals surface area (Å²) in [5.41, 5.74) is 18.5. The number of halogens is 2. The van der Waals surface area contributed by atoms with Crippen molar-refractivity contribution < 1.29 is 48.3 Å². The average Bonchev–Trinajstić information content (AvgIpc) is 3.36. The van der Waals surface area contributed by atoms with Gasteiger partial charge >= 0.3 is 23.9 Å². The van der Waals surface area contributed by atoms with Crippen molar-refractivity contribution >= 4 is 64.1 Å². The van der Waals surface area contributed by atoms with Crippen LogP contribution in [0.15, 0.2) is 54.6 Å². The fraction of sp³-hybridized carbons (Fsp3) is 0.517. The minimum absolute atomic E-state index is 0.00977. The van der Waals surface area contributed by atoms with Crippen molar-refractivity contribution in [2.45, 2.75) is 164 Å². The number of nitrogen functional groups attached to an aromatic ring is 1. The van der Waals surface area contributed by atoms with Gasteiger partial charge < -0.3 is 30.8 Å². The molecule has 18 heteroatoms. The number of carbonyl (C=O) groups is 4. The number of nitro groups is 2. The normalized spacial score (nSPS) is 14.6. The van der Waals surface area contributed by atoms with Crippen molar-refractivity contribution in [3.8, 4) is 0 Å². The Balaban J connectivity index is 0.000000261. The Labute approximate surface area is 457 Å². The molecule has 0 heterocycles. The lowest BCUT2D eigenvalue weighted by molar-refractivity contribution is -0.385. The molecule has 3 saturated carbocycles. The van der Waals surface area contributed by atoms with Gasteiger partial charge in [-0.3, -0.25) is 20.2 Å². The van der Waals surface area contributed by atoms with Gasteiger partial charge in [0, 0.05) is 34.4 Å². The van der Waals surface area contributed by atoms with Crippen molar-refractivity contribution in [2.75, 3.05) is 25.6 Å². The van der Waals surface area contributed by atoms with Crippen molar-refractivity contribution in [3.63, 3.8) is 0 Å². The summed E-state index contributed by atoms with van der Waals surface area (Å²) in [6.45, 7) is 13.2. The monoisotopic (exact) mass is 1090 g/mol. The van der Waals surface area contributed by atoms with Gasteiger partial charge in [0.25, 0.3) is 11.4 Å². The highest BCUT2D eigenvalue weighted by Crippen LogP contribution is 2.33. The summed E-state index contributed by atoms with van der Waals surface area (Å²) >= 11 is 11.3. The van der Waals surface area contributed by atoms with Crippen LogP contribution in [-0.4, -0.2) is 64.7 Å². The van der Waals surface area contributed by atoms with Gasteiger partial charge in [0.15, 0.2) is 0 Å². The highest BCUT2D eigenvalue weighted by molar-refractivity contribution is 6.33. The number of carboxylic acids is 1. The van der Waals surface area contributed by atoms with Crippen molar-refractivity contribution in [1.82, 2.24) is 0 Å². The highest BCUT2D eigenvalue weighted by Gasteiger charge is 2.25. The number of benzene rings is 4. The summed E-state index contributed by atoms with van der Waals surface area (Å²) in [6, 6.07) is 14.8. The Hall–Kier alpha value is -6.10. The molecule has 3 fully saturated rings. The first-order valence-electron chi connectivity index (χ1n) is 26.5. The number of nitro benzene ring substituents is 2. The number of aromatic carboxylic acids is 1. The molecule has 0 atom stereocenters. The van der Waals surface area contributed by atoms with Crippen molar-refractivity contribution in [2.24, 2.45) is 17.6 Å². The number of hydrogen-bond acceptors (Lipinski definition) is 13. The van der Waals surface area contributed by atoms with Crippen LogP contribution in [0.3, 0.4) is 0 Å². The Kier molecular flexibility index (Phi) is 28.0. The molecule has 0 saturated heterocycles. The molecule has 0 amide bonds. The van der Waals surface area contributed by atoms with E-state index in [-0.39, 0.29) is 46.1 Å². The number of ether oxygens (including phenoxy) is 3.